The van der Waals surface area contributed by atoms with Crippen molar-refractivity contribution in [3.8, 4) is 11.5 Å². The molecular weight excluding hydrogens is 380 g/mol. The van der Waals surface area contributed by atoms with Crippen molar-refractivity contribution in [3.05, 3.63) is 76.8 Å². The number of carbonyl (C=O) groups excluding carboxylic acids is 1. The summed E-state index contributed by atoms with van der Waals surface area (Å²) >= 11 is 1.26. The number of thiophene rings is 1. The third-order valence-corrected chi connectivity index (χ3v) is 5.22. The van der Waals surface area contributed by atoms with Crippen LogP contribution in [-0.4, -0.2) is 22.0 Å². The summed E-state index contributed by atoms with van der Waals surface area (Å²) in [5.74, 6) is -0.517. The van der Waals surface area contributed by atoms with Gasteiger partial charge in [-0.25, -0.2) is 4.79 Å². The largest absolute Gasteiger partial charge is 0.475 e. The summed E-state index contributed by atoms with van der Waals surface area (Å²) in [4.78, 5) is 27.1. The number of hydrogen-bond donors (Lipinski definition) is 2. The highest BCUT2D eigenvalue weighted by molar-refractivity contribution is 7.20. The molecule has 8 heteroatoms. The predicted molar refractivity (Wildman–Crippen MR) is 103 cm³/mol. The molecule has 4 rings (SSSR count). The normalized spacial score (nSPS) is 10.9. The van der Waals surface area contributed by atoms with E-state index in [1.165, 1.54) is 17.6 Å². The van der Waals surface area contributed by atoms with Crippen LogP contribution in [-0.2, 0) is 6.42 Å². The number of furan rings is 1. The van der Waals surface area contributed by atoms with E-state index in [0.717, 1.165) is 15.6 Å². The minimum atomic E-state index is -1.09. The zero-order valence-corrected chi connectivity index (χ0v) is 15.2. The number of pyridine rings is 1. The standard InChI is InChI=1S/C20H14N2O5S/c21-19(23)16-8-14-15(9-22-10-17(14)28-16)27-13-3-1-11(2-4-13)7-12-5-6-26-18(12)20(24)25/h1-6,8-10H,7H2,(H2,21,23)(H,24,25). The molecule has 4 aromatic rings. The first-order valence-electron chi connectivity index (χ1n) is 8.25. The van der Waals surface area contributed by atoms with Crippen LogP contribution in [0.1, 0.15) is 31.4 Å². The molecule has 0 aliphatic heterocycles. The van der Waals surface area contributed by atoms with E-state index in [9.17, 15) is 9.59 Å². The Kier molecular flexibility index (Phi) is 4.54. The van der Waals surface area contributed by atoms with Gasteiger partial charge >= 0.3 is 5.97 Å². The second-order valence-electron chi connectivity index (χ2n) is 6.03. The van der Waals surface area contributed by atoms with Gasteiger partial charge in [-0.2, -0.15) is 0 Å². The maximum absolute atomic E-state index is 11.4. The lowest BCUT2D eigenvalue weighted by Gasteiger charge is -2.07. The molecule has 140 valence electrons. The predicted octanol–water partition coefficient (Wildman–Crippen LogP) is 4.07. The Bertz CT molecular complexity index is 1180. The number of carbonyl (C=O) groups is 2. The molecule has 0 bridgehead atoms. The number of fused-ring (bicyclic) bond motifs is 1. The number of carboxylic acid groups (broad SMARTS) is 1. The first-order valence-corrected chi connectivity index (χ1v) is 9.06. The second-order valence-corrected chi connectivity index (χ2v) is 7.11. The van der Waals surface area contributed by atoms with E-state index in [0.29, 0.717) is 28.4 Å². The Morgan fingerprint density at radius 1 is 1.18 bits per heavy atom. The fourth-order valence-electron chi connectivity index (χ4n) is 2.82. The molecular formula is C20H14N2O5S. The fraction of sp³-hybridized carbons (Fsp3) is 0.0500. The van der Waals surface area contributed by atoms with Crippen LogP contribution in [0.5, 0.6) is 11.5 Å². The van der Waals surface area contributed by atoms with Gasteiger partial charge in [-0.05, 0) is 29.8 Å². The van der Waals surface area contributed by atoms with Gasteiger partial charge in [-0.1, -0.05) is 12.1 Å². The Hall–Kier alpha value is -3.65. The van der Waals surface area contributed by atoms with Gasteiger partial charge in [0, 0.05) is 23.6 Å². The highest BCUT2D eigenvalue weighted by Gasteiger charge is 2.15. The molecule has 0 unspecified atom stereocenters. The average molecular weight is 394 g/mol. The van der Waals surface area contributed by atoms with Crippen LogP contribution in [0.2, 0.25) is 0 Å². The summed E-state index contributed by atoms with van der Waals surface area (Å²) in [5.41, 5.74) is 6.87. The summed E-state index contributed by atoms with van der Waals surface area (Å²) < 4.78 is 11.7. The van der Waals surface area contributed by atoms with Gasteiger partial charge in [0.1, 0.15) is 5.75 Å². The highest BCUT2D eigenvalue weighted by Crippen LogP contribution is 2.34. The molecule has 0 atom stereocenters. The van der Waals surface area contributed by atoms with E-state index in [-0.39, 0.29) is 5.76 Å². The fourth-order valence-corrected chi connectivity index (χ4v) is 3.72. The minimum absolute atomic E-state index is 0.0548. The minimum Gasteiger partial charge on any atom is -0.475 e. The van der Waals surface area contributed by atoms with Crippen molar-refractivity contribution in [3.63, 3.8) is 0 Å². The molecule has 7 nitrogen and oxygen atoms in total. The van der Waals surface area contributed by atoms with Crippen molar-refractivity contribution >= 4 is 33.3 Å². The van der Waals surface area contributed by atoms with Gasteiger partial charge in [0.15, 0.2) is 5.75 Å². The zero-order valence-electron chi connectivity index (χ0n) is 14.4. The molecule has 3 N–H and O–H groups in total. The van der Waals surface area contributed by atoms with Crippen molar-refractivity contribution < 1.29 is 23.8 Å². The summed E-state index contributed by atoms with van der Waals surface area (Å²) in [7, 11) is 0. The smallest absolute Gasteiger partial charge is 0.372 e. The van der Waals surface area contributed by atoms with Crippen molar-refractivity contribution in [1.82, 2.24) is 4.98 Å². The van der Waals surface area contributed by atoms with E-state index in [2.05, 4.69) is 4.98 Å². The van der Waals surface area contributed by atoms with Crippen LogP contribution in [0.4, 0.5) is 0 Å². The van der Waals surface area contributed by atoms with Crippen LogP contribution in [0.25, 0.3) is 10.1 Å². The van der Waals surface area contributed by atoms with Gasteiger partial charge < -0.3 is 20.0 Å². The summed E-state index contributed by atoms with van der Waals surface area (Å²) in [5, 5.41) is 9.88. The first kappa shape index (κ1) is 17.7. The summed E-state index contributed by atoms with van der Waals surface area (Å²) in [6.45, 7) is 0. The average Bonchev–Trinajstić information content (AvgIpc) is 3.31. The highest BCUT2D eigenvalue weighted by atomic mass is 32.1. The number of hydrogen-bond acceptors (Lipinski definition) is 6. The molecule has 0 radical (unpaired) electrons. The van der Waals surface area contributed by atoms with Crippen LogP contribution in [0.3, 0.4) is 0 Å². The lowest BCUT2D eigenvalue weighted by atomic mass is 10.1. The summed E-state index contributed by atoms with van der Waals surface area (Å²) in [6.07, 6.45) is 5.04. The Labute approximate surface area is 163 Å². The van der Waals surface area contributed by atoms with E-state index < -0.39 is 11.9 Å². The van der Waals surface area contributed by atoms with Crippen molar-refractivity contribution in [2.75, 3.05) is 0 Å². The first-order chi connectivity index (χ1) is 13.5. The molecule has 0 spiro atoms. The number of primary amides is 1. The van der Waals surface area contributed by atoms with Gasteiger partial charge in [0.2, 0.25) is 5.76 Å². The SMILES string of the molecule is NC(=O)c1cc2c(Oc3ccc(Cc4ccoc4C(=O)O)cc3)cncc2s1. The maximum Gasteiger partial charge on any atom is 0.372 e. The molecule has 1 aromatic carbocycles. The second kappa shape index (κ2) is 7.16. The lowest BCUT2D eigenvalue weighted by Crippen LogP contribution is -2.08. The van der Waals surface area contributed by atoms with Gasteiger partial charge in [-0.15, -0.1) is 11.3 Å². The van der Waals surface area contributed by atoms with Crippen LogP contribution in [0, 0.1) is 0 Å². The zero-order chi connectivity index (χ0) is 19.7. The molecule has 0 saturated carbocycles. The quantitative estimate of drug-likeness (QED) is 0.509. The van der Waals surface area contributed by atoms with Gasteiger partial charge in [0.25, 0.3) is 5.91 Å². The molecule has 0 fully saturated rings. The Balaban J connectivity index is 1.55. The summed E-state index contributed by atoms with van der Waals surface area (Å²) in [6, 6.07) is 10.6. The van der Waals surface area contributed by atoms with E-state index in [1.54, 1.807) is 36.7 Å². The van der Waals surface area contributed by atoms with Crippen molar-refractivity contribution in [2.45, 2.75) is 6.42 Å². The monoisotopic (exact) mass is 394 g/mol. The van der Waals surface area contributed by atoms with Crippen molar-refractivity contribution in [1.29, 1.82) is 0 Å². The van der Waals surface area contributed by atoms with E-state index >= 15 is 0 Å². The number of amides is 1. The van der Waals surface area contributed by atoms with Gasteiger partial charge in [0.05, 0.1) is 22.0 Å². The molecule has 1 amide bonds. The van der Waals surface area contributed by atoms with Crippen LogP contribution < -0.4 is 10.5 Å². The number of ether oxygens (including phenoxy) is 1. The molecule has 3 aromatic heterocycles. The molecule has 0 aliphatic carbocycles. The molecule has 28 heavy (non-hydrogen) atoms. The lowest BCUT2D eigenvalue weighted by molar-refractivity contribution is 0.0660. The van der Waals surface area contributed by atoms with Crippen LogP contribution in [0.15, 0.2) is 59.5 Å². The third-order valence-electron chi connectivity index (χ3n) is 4.14. The Morgan fingerprint density at radius 3 is 2.68 bits per heavy atom. The number of carboxylic acids is 1. The van der Waals surface area contributed by atoms with Crippen molar-refractivity contribution in [2.24, 2.45) is 5.73 Å². The molecule has 0 saturated heterocycles. The topological polar surface area (TPSA) is 116 Å². The molecule has 3 heterocycles. The van der Waals surface area contributed by atoms with Gasteiger partial charge in [-0.3, -0.25) is 9.78 Å². The van der Waals surface area contributed by atoms with E-state index in [1.807, 2.05) is 12.1 Å². The number of aromatic nitrogens is 1. The Morgan fingerprint density at radius 2 is 1.96 bits per heavy atom. The number of nitrogens with zero attached hydrogens (tertiary/aromatic N) is 1. The third kappa shape index (κ3) is 3.45. The number of aromatic carboxylic acids is 1. The molecule has 0 aliphatic rings. The van der Waals surface area contributed by atoms with E-state index in [4.69, 9.17) is 20.0 Å². The van der Waals surface area contributed by atoms with Crippen LogP contribution >= 0.6 is 11.3 Å². The number of nitrogens with two attached hydrogens (primary N) is 1. The number of benzene rings is 1. The maximum atomic E-state index is 11.4. The number of rotatable bonds is 6.